The van der Waals surface area contributed by atoms with Gasteiger partial charge in [0, 0.05) is 36.7 Å². The molecule has 196 valence electrons. The minimum absolute atomic E-state index is 0.129. The molecule has 7 nitrogen and oxygen atoms in total. The number of aryl methyl sites for hydroxylation is 1. The van der Waals surface area contributed by atoms with Crippen molar-refractivity contribution in [3.63, 3.8) is 0 Å². The molecule has 0 spiro atoms. The van der Waals surface area contributed by atoms with E-state index in [1.54, 1.807) is 19.2 Å². The molecule has 38 heavy (non-hydrogen) atoms. The maximum absolute atomic E-state index is 13.2. The Balaban J connectivity index is 1.60. The monoisotopic (exact) mass is 510 g/mol. The van der Waals surface area contributed by atoms with Crippen molar-refractivity contribution < 1.29 is 14.3 Å². The Hall–Kier alpha value is -4.23. The SMILES string of the molecule is COCCN(CC(=O)Nc1nc(-c2ccccc2)cn1-c1ccc(C(C)C)cc1)C(=O)c1ccc(C)cc1. The van der Waals surface area contributed by atoms with E-state index in [1.165, 1.54) is 10.5 Å². The fourth-order valence-corrected chi connectivity index (χ4v) is 4.10. The first-order valence-electron chi connectivity index (χ1n) is 12.8. The predicted molar refractivity (Wildman–Crippen MR) is 151 cm³/mol. The molecule has 0 aliphatic heterocycles. The summed E-state index contributed by atoms with van der Waals surface area (Å²) in [6.45, 7) is 6.75. The van der Waals surface area contributed by atoms with E-state index in [-0.39, 0.29) is 24.9 Å². The van der Waals surface area contributed by atoms with Gasteiger partial charge in [0.25, 0.3) is 5.91 Å². The fourth-order valence-electron chi connectivity index (χ4n) is 4.10. The number of amides is 2. The largest absolute Gasteiger partial charge is 0.383 e. The molecule has 2 amide bonds. The van der Waals surface area contributed by atoms with Gasteiger partial charge >= 0.3 is 0 Å². The lowest BCUT2D eigenvalue weighted by Crippen LogP contribution is -2.40. The van der Waals surface area contributed by atoms with E-state index in [2.05, 4.69) is 31.3 Å². The molecule has 4 rings (SSSR count). The molecule has 0 fully saturated rings. The zero-order valence-corrected chi connectivity index (χ0v) is 22.3. The molecule has 0 atom stereocenters. The molecule has 1 heterocycles. The minimum atomic E-state index is -0.341. The number of anilines is 1. The number of methoxy groups -OCH3 is 1. The summed E-state index contributed by atoms with van der Waals surface area (Å²) in [4.78, 5) is 32.7. The number of imidazole rings is 1. The highest BCUT2D eigenvalue weighted by molar-refractivity contribution is 5.99. The van der Waals surface area contributed by atoms with Gasteiger partial charge in [0.1, 0.15) is 6.54 Å². The molecular weight excluding hydrogens is 476 g/mol. The van der Waals surface area contributed by atoms with Gasteiger partial charge in [-0.05, 0) is 42.7 Å². The minimum Gasteiger partial charge on any atom is -0.383 e. The predicted octanol–water partition coefficient (Wildman–Crippen LogP) is 5.70. The van der Waals surface area contributed by atoms with Crippen molar-refractivity contribution in [3.05, 3.63) is 102 Å². The average Bonchev–Trinajstić information content (AvgIpc) is 3.35. The van der Waals surface area contributed by atoms with Crippen molar-refractivity contribution in [1.29, 1.82) is 0 Å². The molecule has 0 radical (unpaired) electrons. The number of rotatable bonds is 10. The van der Waals surface area contributed by atoms with Crippen molar-refractivity contribution in [2.45, 2.75) is 26.7 Å². The average molecular weight is 511 g/mol. The molecule has 0 aliphatic carbocycles. The summed E-state index contributed by atoms with van der Waals surface area (Å²) in [5, 5.41) is 2.94. The Morgan fingerprint density at radius 1 is 0.974 bits per heavy atom. The van der Waals surface area contributed by atoms with E-state index in [4.69, 9.17) is 9.72 Å². The molecule has 3 aromatic carbocycles. The summed E-state index contributed by atoms with van der Waals surface area (Å²) in [7, 11) is 1.57. The molecule has 1 N–H and O–H groups in total. The first kappa shape index (κ1) is 26.8. The number of hydrogen-bond donors (Lipinski definition) is 1. The van der Waals surface area contributed by atoms with Gasteiger partial charge < -0.3 is 9.64 Å². The first-order valence-corrected chi connectivity index (χ1v) is 12.8. The molecular formula is C31H34N4O3. The third-order valence-electron chi connectivity index (χ3n) is 6.35. The lowest BCUT2D eigenvalue weighted by atomic mass is 10.0. The Morgan fingerprint density at radius 3 is 2.29 bits per heavy atom. The Bertz CT molecular complexity index is 1360. The maximum atomic E-state index is 13.2. The molecule has 0 aliphatic rings. The van der Waals surface area contributed by atoms with Crippen molar-refractivity contribution >= 4 is 17.8 Å². The second kappa shape index (κ2) is 12.3. The summed E-state index contributed by atoms with van der Waals surface area (Å²) < 4.78 is 7.06. The van der Waals surface area contributed by atoms with Gasteiger partial charge in [0.2, 0.25) is 11.9 Å². The van der Waals surface area contributed by atoms with Gasteiger partial charge in [0.05, 0.1) is 12.3 Å². The van der Waals surface area contributed by atoms with Crippen LogP contribution in [0, 0.1) is 6.92 Å². The topological polar surface area (TPSA) is 76.5 Å². The molecule has 0 saturated carbocycles. The Labute approximate surface area is 224 Å². The molecule has 0 bridgehead atoms. The second-order valence-electron chi connectivity index (χ2n) is 9.57. The van der Waals surface area contributed by atoms with Gasteiger partial charge in [-0.15, -0.1) is 0 Å². The van der Waals surface area contributed by atoms with Gasteiger partial charge in [-0.1, -0.05) is 74.0 Å². The molecule has 0 unspecified atom stereocenters. The normalized spacial score (nSPS) is 11.0. The van der Waals surface area contributed by atoms with E-state index in [9.17, 15) is 9.59 Å². The zero-order valence-electron chi connectivity index (χ0n) is 22.3. The lowest BCUT2D eigenvalue weighted by molar-refractivity contribution is -0.117. The number of benzene rings is 3. The first-order chi connectivity index (χ1) is 18.4. The van der Waals surface area contributed by atoms with E-state index in [0.717, 1.165) is 22.5 Å². The van der Waals surface area contributed by atoms with Crippen molar-refractivity contribution in [2.24, 2.45) is 0 Å². The van der Waals surface area contributed by atoms with Gasteiger partial charge in [0.15, 0.2) is 0 Å². The fraction of sp³-hybridized carbons (Fsp3) is 0.258. The summed E-state index contributed by atoms with van der Waals surface area (Å²) >= 11 is 0. The lowest BCUT2D eigenvalue weighted by Gasteiger charge is -2.22. The van der Waals surface area contributed by atoms with Crippen LogP contribution in [0.15, 0.2) is 85.1 Å². The van der Waals surface area contributed by atoms with Crippen LogP contribution in [0.2, 0.25) is 0 Å². The number of nitrogens with one attached hydrogen (secondary N) is 1. The van der Waals surface area contributed by atoms with Gasteiger partial charge in [-0.2, -0.15) is 0 Å². The smallest absolute Gasteiger partial charge is 0.254 e. The summed E-state index contributed by atoms with van der Waals surface area (Å²) in [6, 6.07) is 25.3. The van der Waals surface area contributed by atoms with Crippen LogP contribution < -0.4 is 5.32 Å². The highest BCUT2D eigenvalue weighted by atomic mass is 16.5. The number of nitrogens with zero attached hydrogens (tertiary/aromatic N) is 3. The van der Waals surface area contributed by atoms with Crippen LogP contribution in [-0.4, -0.2) is 53.1 Å². The van der Waals surface area contributed by atoms with E-state index >= 15 is 0 Å². The molecule has 4 aromatic rings. The van der Waals surface area contributed by atoms with Crippen LogP contribution in [0.1, 0.15) is 41.3 Å². The third kappa shape index (κ3) is 6.55. The van der Waals surface area contributed by atoms with E-state index in [0.29, 0.717) is 24.0 Å². The number of aromatic nitrogens is 2. The van der Waals surface area contributed by atoms with Gasteiger partial charge in [-0.3, -0.25) is 19.5 Å². The summed E-state index contributed by atoms with van der Waals surface area (Å²) in [6.07, 6.45) is 1.91. The van der Waals surface area contributed by atoms with Gasteiger partial charge in [-0.25, -0.2) is 4.98 Å². The highest BCUT2D eigenvalue weighted by Gasteiger charge is 2.21. The quantitative estimate of drug-likeness (QED) is 0.297. The van der Waals surface area contributed by atoms with Crippen LogP contribution >= 0.6 is 0 Å². The van der Waals surface area contributed by atoms with Crippen LogP contribution in [0.5, 0.6) is 0 Å². The zero-order chi connectivity index (χ0) is 27.1. The molecule has 1 aromatic heterocycles. The van der Waals surface area contributed by atoms with Crippen molar-refractivity contribution in [3.8, 4) is 16.9 Å². The molecule has 0 saturated heterocycles. The summed E-state index contributed by atoms with van der Waals surface area (Å²) in [5.41, 5.74) is 5.37. The maximum Gasteiger partial charge on any atom is 0.254 e. The van der Waals surface area contributed by atoms with E-state index in [1.807, 2.05) is 72.3 Å². The standard InChI is InChI=1S/C31H34N4O3/c1-22(2)24-14-16-27(17-15-24)35-20-28(25-8-6-5-7-9-25)32-31(35)33-29(36)21-34(18-19-38-4)30(37)26-12-10-23(3)11-13-26/h5-17,20,22H,18-19,21H2,1-4H3,(H,32,33,36). The number of carbonyl (C=O) groups excluding carboxylic acids is 2. The van der Waals surface area contributed by atoms with Crippen LogP contribution in [-0.2, 0) is 9.53 Å². The number of ether oxygens (including phenoxy) is 1. The van der Waals surface area contributed by atoms with Crippen molar-refractivity contribution in [2.75, 3.05) is 32.1 Å². The third-order valence-corrected chi connectivity index (χ3v) is 6.35. The number of hydrogen-bond acceptors (Lipinski definition) is 4. The second-order valence-corrected chi connectivity index (χ2v) is 9.57. The van der Waals surface area contributed by atoms with Crippen LogP contribution in [0.25, 0.3) is 16.9 Å². The highest BCUT2D eigenvalue weighted by Crippen LogP contribution is 2.25. The molecule has 7 heteroatoms. The Morgan fingerprint density at radius 2 is 1.66 bits per heavy atom. The Kier molecular flexibility index (Phi) is 8.71. The number of carbonyl (C=O) groups is 2. The summed E-state index contributed by atoms with van der Waals surface area (Å²) in [5.74, 6) is 0.234. The van der Waals surface area contributed by atoms with Crippen molar-refractivity contribution in [1.82, 2.24) is 14.5 Å². The van der Waals surface area contributed by atoms with Crippen LogP contribution in [0.3, 0.4) is 0 Å². The van der Waals surface area contributed by atoms with Crippen LogP contribution in [0.4, 0.5) is 5.95 Å². The van der Waals surface area contributed by atoms with E-state index < -0.39 is 0 Å².